The van der Waals surface area contributed by atoms with Crippen molar-refractivity contribution in [3.63, 3.8) is 0 Å². The Morgan fingerprint density at radius 1 is 1.22 bits per heavy atom. The molecule has 1 aromatic carbocycles. The first kappa shape index (κ1) is 12.0. The quantitative estimate of drug-likeness (QED) is 0.611. The molecule has 0 atom stereocenters. The molecule has 1 aromatic heterocycles. The third-order valence-electron chi connectivity index (χ3n) is 2.06. The highest BCUT2D eigenvalue weighted by atomic mass is 19.1. The van der Waals surface area contributed by atoms with E-state index in [0.717, 1.165) is 0 Å². The zero-order chi connectivity index (χ0) is 12.8. The number of aromatic nitrogens is 4. The van der Waals surface area contributed by atoms with Crippen molar-refractivity contribution in [1.29, 1.82) is 0 Å². The van der Waals surface area contributed by atoms with Crippen LogP contribution in [0.2, 0.25) is 0 Å². The molecule has 18 heavy (non-hydrogen) atoms. The fraction of sp³-hybridized carbons (Fsp3) is 0.0833. The van der Waals surface area contributed by atoms with Gasteiger partial charge in [0.25, 0.3) is 0 Å². The number of benzene rings is 1. The predicted octanol–water partition coefficient (Wildman–Crippen LogP) is 1.97. The Morgan fingerprint density at radius 2 is 2.00 bits per heavy atom. The molecule has 0 radical (unpaired) electrons. The second-order valence-electron chi connectivity index (χ2n) is 3.34. The van der Waals surface area contributed by atoms with Crippen LogP contribution in [0.15, 0.2) is 42.7 Å². The van der Waals surface area contributed by atoms with Crippen LogP contribution >= 0.6 is 0 Å². The molecular weight excluding hydrogens is 235 g/mol. The van der Waals surface area contributed by atoms with Crippen molar-refractivity contribution in [2.75, 3.05) is 7.11 Å². The van der Waals surface area contributed by atoms with Crippen molar-refractivity contribution in [2.24, 2.45) is 0 Å². The van der Waals surface area contributed by atoms with Gasteiger partial charge in [0.05, 0.1) is 19.1 Å². The summed E-state index contributed by atoms with van der Waals surface area (Å²) in [7, 11) is 1.56. The number of hydrogen-bond acceptors (Lipinski definition) is 4. The summed E-state index contributed by atoms with van der Waals surface area (Å²) in [6.07, 6.45) is 6.65. The lowest BCUT2D eigenvalue weighted by Crippen LogP contribution is -1.98. The number of methoxy groups -OCH3 is 1. The van der Waals surface area contributed by atoms with E-state index in [-0.39, 0.29) is 5.82 Å². The summed E-state index contributed by atoms with van der Waals surface area (Å²) in [6, 6.07) is 5.84. The summed E-state index contributed by atoms with van der Waals surface area (Å²) in [6.45, 7) is 0. The largest absolute Gasteiger partial charge is 0.504 e. The Labute approximate surface area is 103 Å². The molecule has 5 nitrogen and oxygen atoms in total. The van der Waals surface area contributed by atoms with Gasteiger partial charge in [-0.2, -0.15) is 0 Å². The molecule has 1 heterocycles. The zero-order valence-electron chi connectivity index (χ0n) is 9.69. The Balaban J connectivity index is 2.13. The molecule has 0 aliphatic rings. The van der Waals surface area contributed by atoms with Crippen molar-refractivity contribution in [3.05, 3.63) is 54.3 Å². The molecule has 2 aromatic rings. The number of tetrazole rings is 1. The normalized spacial score (nSPS) is 11.4. The van der Waals surface area contributed by atoms with E-state index in [9.17, 15) is 4.39 Å². The maximum absolute atomic E-state index is 12.8. The summed E-state index contributed by atoms with van der Waals surface area (Å²) in [5.74, 6) is 0.156. The molecule has 0 saturated carbocycles. The third-order valence-corrected chi connectivity index (χ3v) is 2.06. The van der Waals surface area contributed by atoms with Crippen LogP contribution in [0.1, 0.15) is 5.82 Å². The van der Waals surface area contributed by atoms with Gasteiger partial charge in [-0.1, -0.05) is 6.08 Å². The van der Waals surface area contributed by atoms with E-state index < -0.39 is 0 Å². The molecule has 0 amide bonds. The molecule has 0 N–H and O–H groups in total. The maximum Gasteiger partial charge on any atom is 0.198 e. The van der Waals surface area contributed by atoms with E-state index in [2.05, 4.69) is 15.4 Å². The molecule has 0 aliphatic heterocycles. The van der Waals surface area contributed by atoms with Gasteiger partial charge in [-0.25, -0.2) is 4.39 Å². The molecule has 2 rings (SSSR count). The number of ether oxygens (including phenoxy) is 1. The minimum atomic E-state index is -0.302. The first-order valence-electron chi connectivity index (χ1n) is 5.21. The third kappa shape index (κ3) is 3.00. The number of nitrogens with zero attached hydrogens (tertiary/aromatic N) is 4. The Hall–Kier alpha value is -2.50. The van der Waals surface area contributed by atoms with Crippen LogP contribution in [0.3, 0.4) is 0 Å². The van der Waals surface area contributed by atoms with Crippen molar-refractivity contribution >= 4 is 6.08 Å². The first-order valence-corrected chi connectivity index (χ1v) is 5.21. The van der Waals surface area contributed by atoms with Gasteiger partial charge in [0.2, 0.25) is 0 Å². The summed E-state index contributed by atoms with van der Waals surface area (Å²) in [5.41, 5.74) is 0.649. The minimum Gasteiger partial charge on any atom is -0.504 e. The monoisotopic (exact) mass is 246 g/mol. The van der Waals surface area contributed by atoms with Crippen LogP contribution in [-0.4, -0.2) is 27.3 Å². The Kier molecular flexibility index (Phi) is 3.80. The topological polar surface area (TPSA) is 52.8 Å². The van der Waals surface area contributed by atoms with Gasteiger partial charge in [-0.3, -0.25) is 0 Å². The standard InChI is InChI=1S/C12H11FN4O/c1-18-9-3-2-4-12-14-16-17(15-12)11-7-5-10(13)6-8-11/h2-9H,1H3/b4-2-,9-3+. The van der Waals surface area contributed by atoms with Gasteiger partial charge in [-0.15, -0.1) is 15.0 Å². The van der Waals surface area contributed by atoms with E-state index in [1.807, 2.05) is 0 Å². The van der Waals surface area contributed by atoms with E-state index in [4.69, 9.17) is 4.74 Å². The lowest BCUT2D eigenvalue weighted by atomic mass is 10.3. The van der Waals surface area contributed by atoms with Crippen LogP contribution in [0, 0.1) is 5.82 Å². The number of rotatable bonds is 4. The van der Waals surface area contributed by atoms with Crippen LogP contribution < -0.4 is 0 Å². The fourth-order valence-corrected chi connectivity index (χ4v) is 1.24. The number of hydrogen-bond donors (Lipinski definition) is 0. The second-order valence-corrected chi connectivity index (χ2v) is 3.34. The average molecular weight is 246 g/mol. The van der Waals surface area contributed by atoms with Gasteiger partial charge in [0.1, 0.15) is 5.82 Å². The summed E-state index contributed by atoms with van der Waals surface area (Å²) >= 11 is 0. The summed E-state index contributed by atoms with van der Waals surface area (Å²) in [5, 5.41) is 11.8. The molecule has 0 saturated heterocycles. The van der Waals surface area contributed by atoms with Crippen molar-refractivity contribution in [1.82, 2.24) is 20.2 Å². The van der Waals surface area contributed by atoms with Crippen LogP contribution in [0.5, 0.6) is 0 Å². The van der Waals surface area contributed by atoms with E-state index in [0.29, 0.717) is 11.5 Å². The van der Waals surface area contributed by atoms with E-state index in [1.165, 1.54) is 23.2 Å². The second kappa shape index (κ2) is 5.72. The van der Waals surface area contributed by atoms with E-state index in [1.54, 1.807) is 37.5 Å². The first-order chi connectivity index (χ1) is 8.79. The predicted molar refractivity (Wildman–Crippen MR) is 64.3 cm³/mol. The van der Waals surface area contributed by atoms with Gasteiger partial charge >= 0.3 is 0 Å². The maximum atomic E-state index is 12.8. The highest BCUT2D eigenvalue weighted by Gasteiger charge is 2.01. The molecule has 6 heteroatoms. The smallest absolute Gasteiger partial charge is 0.198 e. The van der Waals surface area contributed by atoms with Crippen molar-refractivity contribution in [3.8, 4) is 5.69 Å². The molecule has 0 unspecified atom stereocenters. The zero-order valence-corrected chi connectivity index (χ0v) is 9.69. The van der Waals surface area contributed by atoms with Gasteiger partial charge in [0, 0.05) is 0 Å². The average Bonchev–Trinajstić information content (AvgIpc) is 2.84. The Bertz CT molecular complexity index is 560. The summed E-state index contributed by atoms with van der Waals surface area (Å²) < 4.78 is 17.5. The van der Waals surface area contributed by atoms with Gasteiger partial charge in [-0.05, 0) is 41.6 Å². The SMILES string of the molecule is CO/C=C/C=C\c1nnn(-c2ccc(F)cc2)n1. The van der Waals surface area contributed by atoms with Crippen LogP contribution in [0.25, 0.3) is 11.8 Å². The molecule has 0 fully saturated rings. The van der Waals surface area contributed by atoms with Crippen molar-refractivity contribution < 1.29 is 9.13 Å². The molecule has 0 bridgehead atoms. The lowest BCUT2D eigenvalue weighted by molar-refractivity contribution is 0.338. The summed E-state index contributed by atoms with van der Waals surface area (Å²) in [4.78, 5) is 1.33. The lowest BCUT2D eigenvalue weighted by Gasteiger charge is -1.96. The highest BCUT2D eigenvalue weighted by Crippen LogP contribution is 2.06. The molecule has 92 valence electrons. The molecule has 0 spiro atoms. The van der Waals surface area contributed by atoms with Gasteiger partial charge < -0.3 is 4.74 Å². The van der Waals surface area contributed by atoms with Crippen molar-refractivity contribution in [2.45, 2.75) is 0 Å². The molecule has 0 aliphatic carbocycles. The number of halogens is 1. The Morgan fingerprint density at radius 3 is 2.72 bits per heavy atom. The van der Waals surface area contributed by atoms with Crippen LogP contribution in [0.4, 0.5) is 4.39 Å². The highest BCUT2D eigenvalue weighted by molar-refractivity contribution is 5.41. The molecular formula is C12H11FN4O. The minimum absolute atomic E-state index is 0.302. The van der Waals surface area contributed by atoms with Crippen LogP contribution in [-0.2, 0) is 4.74 Å². The van der Waals surface area contributed by atoms with Gasteiger partial charge in [0.15, 0.2) is 5.82 Å². The number of allylic oxidation sites excluding steroid dienone is 2. The van der Waals surface area contributed by atoms with E-state index >= 15 is 0 Å². The fourth-order valence-electron chi connectivity index (χ4n) is 1.24.